The molecule has 0 unspecified atom stereocenters. The highest BCUT2D eigenvalue weighted by atomic mass is 19.1. The minimum atomic E-state index is -1.07. The first-order valence-electron chi connectivity index (χ1n) is 7.96. The predicted molar refractivity (Wildman–Crippen MR) is 90.4 cm³/mol. The maximum absolute atomic E-state index is 13.7. The molecule has 0 saturated carbocycles. The van der Waals surface area contributed by atoms with Gasteiger partial charge in [0.15, 0.2) is 5.69 Å². The summed E-state index contributed by atoms with van der Waals surface area (Å²) in [6.07, 6.45) is 0. The van der Waals surface area contributed by atoms with Gasteiger partial charge in [-0.2, -0.15) is 0 Å². The van der Waals surface area contributed by atoms with Gasteiger partial charge in [0.1, 0.15) is 11.6 Å². The van der Waals surface area contributed by atoms with Crippen LogP contribution in [0.5, 0.6) is 0 Å². The van der Waals surface area contributed by atoms with Crippen molar-refractivity contribution < 1.29 is 19.1 Å². The normalized spacial score (nSPS) is 14.5. The van der Waals surface area contributed by atoms with E-state index in [-0.39, 0.29) is 17.4 Å². The lowest BCUT2D eigenvalue weighted by Crippen LogP contribution is -2.49. The second kappa shape index (κ2) is 6.88. The molecule has 2 heterocycles. The average molecular weight is 343 g/mol. The summed E-state index contributed by atoms with van der Waals surface area (Å²) in [5, 5.41) is 9.03. The van der Waals surface area contributed by atoms with Crippen LogP contribution in [0.2, 0.25) is 0 Å². The second-order valence-electron chi connectivity index (χ2n) is 5.93. The van der Waals surface area contributed by atoms with Gasteiger partial charge in [-0.25, -0.2) is 14.2 Å². The van der Waals surface area contributed by atoms with Gasteiger partial charge in [-0.1, -0.05) is 12.1 Å². The van der Waals surface area contributed by atoms with E-state index in [1.807, 2.05) is 4.90 Å². The molecule has 1 N–H and O–H groups in total. The van der Waals surface area contributed by atoms with Crippen molar-refractivity contribution >= 4 is 17.7 Å². The van der Waals surface area contributed by atoms with Gasteiger partial charge in [0.2, 0.25) is 0 Å². The molecule has 1 fully saturated rings. The molecular weight excluding hydrogens is 325 g/mol. The van der Waals surface area contributed by atoms with Crippen molar-refractivity contribution in [1.82, 2.24) is 9.88 Å². The van der Waals surface area contributed by atoms with E-state index in [9.17, 15) is 14.0 Å². The van der Waals surface area contributed by atoms with Crippen LogP contribution in [0.25, 0.3) is 0 Å². The number of carboxylic acids is 1. The standard InChI is InChI=1S/C18H18FN3O3/c1-12-5-6-13(11-14(12)19)17(23)22-9-7-21(8-10-22)16-4-2-3-15(20-16)18(24)25/h2-6,11H,7-10H2,1H3,(H,24,25). The molecule has 1 aliphatic heterocycles. The number of carbonyl (C=O) groups is 2. The zero-order chi connectivity index (χ0) is 18.0. The molecule has 7 heteroatoms. The number of pyridine rings is 1. The number of carboxylic acid groups (broad SMARTS) is 1. The number of carbonyl (C=O) groups excluding carboxylic acids is 1. The molecule has 0 atom stereocenters. The Labute approximate surface area is 144 Å². The van der Waals surface area contributed by atoms with Gasteiger partial charge in [-0.3, -0.25) is 4.79 Å². The van der Waals surface area contributed by atoms with Crippen LogP contribution in [0.1, 0.15) is 26.4 Å². The van der Waals surface area contributed by atoms with Gasteiger partial charge < -0.3 is 14.9 Å². The molecule has 1 amide bonds. The number of aryl methyl sites for hydroxylation is 1. The lowest BCUT2D eigenvalue weighted by Gasteiger charge is -2.35. The van der Waals surface area contributed by atoms with Crippen LogP contribution in [-0.2, 0) is 0 Å². The van der Waals surface area contributed by atoms with Gasteiger partial charge in [0.05, 0.1) is 0 Å². The molecule has 2 aromatic rings. The molecule has 0 radical (unpaired) electrons. The third-order valence-corrected chi connectivity index (χ3v) is 4.26. The third kappa shape index (κ3) is 3.60. The van der Waals surface area contributed by atoms with Crippen molar-refractivity contribution in [3.63, 3.8) is 0 Å². The van der Waals surface area contributed by atoms with Gasteiger partial charge >= 0.3 is 5.97 Å². The van der Waals surface area contributed by atoms with Gasteiger partial charge in [0, 0.05) is 31.7 Å². The first-order chi connectivity index (χ1) is 12.0. The van der Waals surface area contributed by atoms with Crippen molar-refractivity contribution in [2.75, 3.05) is 31.1 Å². The molecule has 1 aliphatic rings. The zero-order valence-electron chi connectivity index (χ0n) is 13.8. The summed E-state index contributed by atoms with van der Waals surface area (Å²) < 4.78 is 13.7. The number of hydrogen-bond donors (Lipinski definition) is 1. The molecule has 1 aromatic carbocycles. The number of nitrogens with zero attached hydrogens (tertiary/aromatic N) is 3. The summed E-state index contributed by atoms with van der Waals surface area (Å²) in [4.78, 5) is 31.2. The second-order valence-corrected chi connectivity index (χ2v) is 5.93. The summed E-state index contributed by atoms with van der Waals surface area (Å²) in [5.74, 6) is -1.09. The molecule has 0 spiro atoms. The monoisotopic (exact) mass is 343 g/mol. The molecule has 25 heavy (non-hydrogen) atoms. The van der Waals surface area contributed by atoms with E-state index in [0.717, 1.165) is 0 Å². The topological polar surface area (TPSA) is 73.7 Å². The molecular formula is C18H18FN3O3. The lowest BCUT2D eigenvalue weighted by molar-refractivity contribution is 0.0690. The zero-order valence-corrected chi connectivity index (χ0v) is 13.8. The highest BCUT2D eigenvalue weighted by molar-refractivity contribution is 5.94. The fraction of sp³-hybridized carbons (Fsp3) is 0.278. The SMILES string of the molecule is Cc1ccc(C(=O)N2CCN(c3cccc(C(=O)O)n3)CC2)cc1F. The summed E-state index contributed by atoms with van der Waals surface area (Å²) in [6, 6.07) is 9.34. The van der Waals surface area contributed by atoms with Gasteiger partial charge in [-0.15, -0.1) is 0 Å². The Morgan fingerprint density at radius 1 is 1.12 bits per heavy atom. The number of hydrogen-bond acceptors (Lipinski definition) is 4. The van der Waals surface area contributed by atoms with Gasteiger partial charge in [0.25, 0.3) is 5.91 Å². The van der Waals surface area contributed by atoms with E-state index in [2.05, 4.69) is 4.98 Å². The summed E-state index contributed by atoms with van der Waals surface area (Å²) in [5.41, 5.74) is 0.833. The molecule has 0 aliphatic carbocycles. The molecule has 3 rings (SSSR count). The van der Waals surface area contributed by atoms with E-state index in [1.165, 1.54) is 12.1 Å². The van der Waals surface area contributed by atoms with Crippen molar-refractivity contribution in [3.8, 4) is 0 Å². The highest BCUT2D eigenvalue weighted by Gasteiger charge is 2.23. The van der Waals surface area contributed by atoms with Gasteiger partial charge in [-0.05, 0) is 36.8 Å². The van der Waals surface area contributed by atoms with Crippen LogP contribution >= 0.6 is 0 Å². The maximum Gasteiger partial charge on any atom is 0.354 e. The van der Waals surface area contributed by atoms with Crippen molar-refractivity contribution in [2.45, 2.75) is 6.92 Å². The van der Waals surface area contributed by atoms with E-state index in [4.69, 9.17) is 5.11 Å². The Bertz CT molecular complexity index is 817. The summed E-state index contributed by atoms with van der Waals surface area (Å²) in [6.45, 7) is 3.66. The molecule has 0 bridgehead atoms. The van der Waals surface area contributed by atoms with Crippen molar-refractivity contribution in [3.05, 3.63) is 59.0 Å². The number of benzene rings is 1. The smallest absolute Gasteiger partial charge is 0.354 e. The van der Waals surface area contributed by atoms with Crippen LogP contribution < -0.4 is 4.90 Å². The Balaban J connectivity index is 1.67. The Kier molecular flexibility index (Phi) is 4.65. The van der Waals surface area contributed by atoms with Crippen LogP contribution in [-0.4, -0.2) is 53.0 Å². The largest absolute Gasteiger partial charge is 0.477 e. The number of aromatic nitrogens is 1. The first kappa shape index (κ1) is 16.9. The quantitative estimate of drug-likeness (QED) is 0.925. The number of rotatable bonds is 3. The predicted octanol–water partition coefficient (Wildman–Crippen LogP) is 2.19. The first-order valence-corrected chi connectivity index (χ1v) is 7.96. The number of aromatic carboxylic acids is 1. The highest BCUT2D eigenvalue weighted by Crippen LogP contribution is 2.17. The van der Waals surface area contributed by atoms with E-state index in [1.54, 1.807) is 36.1 Å². The maximum atomic E-state index is 13.7. The summed E-state index contributed by atoms with van der Waals surface area (Å²) >= 11 is 0. The fourth-order valence-corrected chi connectivity index (χ4v) is 2.77. The van der Waals surface area contributed by atoms with Crippen molar-refractivity contribution in [2.24, 2.45) is 0 Å². The Morgan fingerprint density at radius 3 is 2.48 bits per heavy atom. The van der Waals surface area contributed by atoms with E-state index >= 15 is 0 Å². The minimum Gasteiger partial charge on any atom is -0.477 e. The number of anilines is 1. The lowest BCUT2D eigenvalue weighted by atomic mass is 10.1. The fourth-order valence-electron chi connectivity index (χ4n) is 2.77. The van der Waals surface area contributed by atoms with Crippen LogP contribution in [0.3, 0.4) is 0 Å². The third-order valence-electron chi connectivity index (χ3n) is 4.26. The Morgan fingerprint density at radius 2 is 1.84 bits per heavy atom. The molecule has 6 nitrogen and oxygen atoms in total. The molecule has 1 saturated heterocycles. The average Bonchev–Trinajstić information content (AvgIpc) is 2.63. The van der Waals surface area contributed by atoms with E-state index < -0.39 is 5.97 Å². The molecule has 1 aromatic heterocycles. The van der Waals surface area contributed by atoms with E-state index in [0.29, 0.717) is 43.1 Å². The Hall–Kier alpha value is -2.96. The van der Waals surface area contributed by atoms with Crippen LogP contribution in [0.15, 0.2) is 36.4 Å². The summed E-state index contributed by atoms with van der Waals surface area (Å²) in [7, 11) is 0. The van der Waals surface area contributed by atoms with Crippen LogP contribution in [0.4, 0.5) is 10.2 Å². The van der Waals surface area contributed by atoms with Crippen LogP contribution in [0, 0.1) is 12.7 Å². The minimum absolute atomic E-state index is 0.00821. The van der Waals surface area contributed by atoms with Crippen molar-refractivity contribution in [1.29, 1.82) is 0 Å². The number of halogens is 1. The number of piperazine rings is 1. The number of amides is 1. The molecule has 130 valence electrons.